The Morgan fingerprint density at radius 2 is 1.72 bits per heavy atom. The molecule has 0 fully saturated rings. The molecule has 0 aromatic heterocycles. The van der Waals surface area contributed by atoms with E-state index in [0.717, 1.165) is 17.0 Å². The van der Waals surface area contributed by atoms with Crippen LogP contribution in [-0.4, -0.2) is 23.2 Å². The van der Waals surface area contributed by atoms with Crippen molar-refractivity contribution in [3.8, 4) is 0 Å². The summed E-state index contributed by atoms with van der Waals surface area (Å²) in [6.07, 6.45) is -1.07. The van der Waals surface area contributed by atoms with Crippen LogP contribution in [0.25, 0.3) is 0 Å². The molecule has 4 nitrogen and oxygen atoms in total. The van der Waals surface area contributed by atoms with Gasteiger partial charge in [0.2, 0.25) is 0 Å². The van der Waals surface area contributed by atoms with Gasteiger partial charge in [0.15, 0.2) is 17.7 Å². The summed E-state index contributed by atoms with van der Waals surface area (Å²) < 4.78 is 31.1. The Kier molecular flexibility index (Phi) is 6.52. The van der Waals surface area contributed by atoms with Crippen molar-refractivity contribution >= 4 is 29.3 Å². The average molecular weight is 365 g/mol. The van der Waals surface area contributed by atoms with Crippen LogP contribution in [0.3, 0.4) is 0 Å². The number of esters is 1. The fourth-order valence-electron chi connectivity index (χ4n) is 1.89. The lowest BCUT2D eigenvalue weighted by molar-refractivity contribution is -0.152. The van der Waals surface area contributed by atoms with Gasteiger partial charge in [-0.25, -0.2) is 8.78 Å². The minimum absolute atomic E-state index is 0.0820. The summed E-state index contributed by atoms with van der Waals surface area (Å²) in [7, 11) is 0. The maximum Gasteiger partial charge on any atom is 0.319 e. The minimum Gasteiger partial charge on any atom is -0.452 e. The highest BCUT2D eigenvalue weighted by Gasteiger charge is 2.23. The van der Waals surface area contributed by atoms with E-state index in [9.17, 15) is 18.4 Å². The summed E-state index contributed by atoms with van der Waals surface area (Å²) in [4.78, 5) is 25.0. The predicted molar refractivity (Wildman–Crippen MR) is 92.3 cm³/mol. The molecule has 0 aliphatic heterocycles. The van der Waals surface area contributed by atoms with Crippen molar-refractivity contribution in [1.82, 2.24) is 0 Å². The van der Waals surface area contributed by atoms with Crippen LogP contribution >= 0.6 is 11.8 Å². The molecular weight excluding hydrogens is 348 g/mol. The molecular formula is C18H17F2NO3S. The van der Waals surface area contributed by atoms with Crippen molar-refractivity contribution in [3.63, 3.8) is 0 Å². The molecule has 2 aromatic carbocycles. The third kappa shape index (κ3) is 5.56. The van der Waals surface area contributed by atoms with Crippen molar-refractivity contribution in [2.75, 3.05) is 5.32 Å². The van der Waals surface area contributed by atoms with E-state index in [1.54, 1.807) is 6.92 Å². The van der Waals surface area contributed by atoms with Crippen LogP contribution < -0.4 is 5.32 Å². The number of anilines is 1. The van der Waals surface area contributed by atoms with Gasteiger partial charge in [0.25, 0.3) is 5.91 Å². The lowest BCUT2D eigenvalue weighted by Crippen LogP contribution is -2.32. The van der Waals surface area contributed by atoms with E-state index < -0.39 is 34.9 Å². The number of halogens is 2. The van der Waals surface area contributed by atoms with Gasteiger partial charge in [0.05, 0.1) is 0 Å². The van der Waals surface area contributed by atoms with Crippen LogP contribution in [0, 0.1) is 11.6 Å². The zero-order valence-electron chi connectivity index (χ0n) is 13.7. The maximum absolute atomic E-state index is 13.1. The number of benzene rings is 2. The summed E-state index contributed by atoms with van der Waals surface area (Å²) in [6, 6.07) is 12.3. The molecule has 25 heavy (non-hydrogen) atoms. The fourth-order valence-corrected chi connectivity index (χ4v) is 2.77. The molecule has 7 heteroatoms. The summed E-state index contributed by atoms with van der Waals surface area (Å²) >= 11 is 1.32. The first-order valence-corrected chi connectivity index (χ1v) is 8.43. The monoisotopic (exact) mass is 365 g/mol. The Bertz CT molecular complexity index is 755. The zero-order chi connectivity index (χ0) is 18.4. The van der Waals surface area contributed by atoms with Gasteiger partial charge < -0.3 is 10.1 Å². The highest BCUT2D eigenvalue weighted by atomic mass is 32.2. The van der Waals surface area contributed by atoms with Gasteiger partial charge in [-0.15, -0.1) is 11.8 Å². The number of ether oxygens (including phenoxy) is 1. The van der Waals surface area contributed by atoms with Gasteiger partial charge in [-0.05, 0) is 38.1 Å². The van der Waals surface area contributed by atoms with Crippen LogP contribution in [0.1, 0.15) is 13.8 Å². The number of hydrogen-bond acceptors (Lipinski definition) is 4. The van der Waals surface area contributed by atoms with E-state index in [1.165, 1.54) is 24.8 Å². The molecule has 2 rings (SSSR count). The molecule has 132 valence electrons. The lowest BCUT2D eigenvalue weighted by atomic mass is 10.2. The molecule has 0 aliphatic rings. The molecule has 1 N–H and O–H groups in total. The Morgan fingerprint density at radius 3 is 2.36 bits per heavy atom. The van der Waals surface area contributed by atoms with E-state index in [0.29, 0.717) is 0 Å². The highest BCUT2D eigenvalue weighted by molar-refractivity contribution is 8.00. The zero-order valence-corrected chi connectivity index (χ0v) is 14.5. The average Bonchev–Trinajstić information content (AvgIpc) is 2.58. The Balaban J connectivity index is 1.89. The first kappa shape index (κ1) is 18.9. The van der Waals surface area contributed by atoms with E-state index in [2.05, 4.69) is 5.32 Å². The molecule has 0 unspecified atom stereocenters. The number of carbonyl (C=O) groups is 2. The number of amides is 1. The molecule has 1 amide bonds. The minimum atomic E-state index is -1.07. The number of nitrogens with one attached hydrogen (secondary N) is 1. The predicted octanol–water partition coefficient (Wildman–Crippen LogP) is 4.02. The third-order valence-electron chi connectivity index (χ3n) is 3.24. The van der Waals surface area contributed by atoms with Gasteiger partial charge in [-0.3, -0.25) is 9.59 Å². The molecule has 2 aromatic rings. The largest absolute Gasteiger partial charge is 0.452 e. The number of thioether (sulfide) groups is 1. The van der Waals surface area contributed by atoms with Crippen LogP contribution in [0.2, 0.25) is 0 Å². The first-order chi connectivity index (χ1) is 11.9. The molecule has 0 heterocycles. The van der Waals surface area contributed by atoms with Crippen molar-refractivity contribution in [2.45, 2.75) is 30.1 Å². The van der Waals surface area contributed by atoms with Gasteiger partial charge in [0, 0.05) is 16.6 Å². The third-order valence-corrected chi connectivity index (χ3v) is 4.33. The maximum atomic E-state index is 13.1. The van der Waals surface area contributed by atoms with Gasteiger partial charge in [0.1, 0.15) is 5.25 Å². The van der Waals surface area contributed by atoms with Crippen molar-refractivity contribution in [3.05, 3.63) is 60.2 Å². The Hall–Kier alpha value is -2.41. The standard InChI is InChI=1S/C18H17F2NO3S/c1-11(17(22)21-13-8-9-15(19)16(20)10-13)24-18(23)12(2)25-14-6-4-3-5-7-14/h3-12H,1-2H3,(H,21,22)/t11-,12+/m0/s1. The summed E-state index contributed by atoms with van der Waals surface area (Å²) in [6.45, 7) is 3.09. The molecule has 0 spiro atoms. The SMILES string of the molecule is C[C@H](OC(=O)[C@@H](C)Sc1ccccc1)C(=O)Nc1ccc(F)c(F)c1. The fraction of sp³-hybridized carbons (Fsp3) is 0.222. The second-order valence-electron chi connectivity index (χ2n) is 5.27. The number of hydrogen-bond donors (Lipinski definition) is 1. The number of rotatable bonds is 6. The smallest absolute Gasteiger partial charge is 0.319 e. The number of carbonyl (C=O) groups excluding carboxylic acids is 2. The quantitative estimate of drug-likeness (QED) is 0.621. The topological polar surface area (TPSA) is 55.4 Å². The van der Waals surface area contributed by atoms with Gasteiger partial charge in [-0.1, -0.05) is 18.2 Å². The van der Waals surface area contributed by atoms with Crippen molar-refractivity contribution in [2.24, 2.45) is 0 Å². The van der Waals surface area contributed by atoms with E-state index in [1.807, 2.05) is 30.3 Å². The summed E-state index contributed by atoms with van der Waals surface area (Å²) in [5.41, 5.74) is 0.0820. The van der Waals surface area contributed by atoms with Crippen LogP contribution in [0.15, 0.2) is 53.4 Å². The van der Waals surface area contributed by atoms with Gasteiger partial charge in [-0.2, -0.15) is 0 Å². The molecule has 0 saturated heterocycles. The van der Waals surface area contributed by atoms with E-state index in [-0.39, 0.29) is 5.69 Å². The van der Waals surface area contributed by atoms with E-state index in [4.69, 9.17) is 4.74 Å². The Morgan fingerprint density at radius 1 is 1.04 bits per heavy atom. The van der Waals surface area contributed by atoms with Crippen LogP contribution in [0.4, 0.5) is 14.5 Å². The van der Waals surface area contributed by atoms with Crippen molar-refractivity contribution < 1.29 is 23.1 Å². The van der Waals surface area contributed by atoms with Gasteiger partial charge >= 0.3 is 5.97 Å². The Labute approximate surface area is 148 Å². The molecule has 0 aliphatic carbocycles. The highest BCUT2D eigenvalue weighted by Crippen LogP contribution is 2.24. The molecule has 0 saturated carbocycles. The van der Waals surface area contributed by atoms with Crippen molar-refractivity contribution in [1.29, 1.82) is 0 Å². The van der Waals surface area contributed by atoms with Crippen LogP contribution in [0.5, 0.6) is 0 Å². The second kappa shape index (κ2) is 8.62. The lowest BCUT2D eigenvalue weighted by Gasteiger charge is -2.16. The molecule has 0 radical (unpaired) electrons. The summed E-state index contributed by atoms with van der Waals surface area (Å²) in [5.74, 6) is -3.25. The summed E-state index contributed by atoms with van der Waals surface area (Å²) in [5, 5.41) is 1.87. The molecule has 0 bridgehead atoms. The normalized spacial score (nSPS) is 13.0. The molecule has 2 atom stereocenters. The first-order valence-electron chi connectivity index (χ1n) is 7.55. The van der Waals surface area contributed by atoms with Crippen LogP contribution in [-0.2, 0) is 14.3 Å². The van der Waals surface area contributed by atoms with E-state index >= 15 is 0 Å². The second-order valence-corrected chi connectivity index (χ2v) is 6.68.